The van der Waals surface area contributed by atoms with Crippen LogP contribution in [0.3, 0.4) is 0 Å². The molecule has 1 aliphatic rings. The van der Waals surface area contributed by atoms with Crippen molar-refractivity contribution >= 4 is 34.8 Å². The van der Waals surface area contributed by atoms with Gasteiger partial charge in [0.25, 0.3) is 5.91 Å². The summed E-state index contributed by atoms with van der Waals surface area (Å²) in [6, 6.07) is 10.2. The van der Waals surface area contributed by atoms with Crippen molar-refractivity contribution in [2.24, 2.45) is 5.10 Å². The number of carbonyl (C=O) groups is 2. The minimum absolute atomic E-state index is 0.175. The Morgan fingerprint density at radius 2 is 1.93 bits per heavy atom. The highest BCUT2D eigenvalue weighted by atomic mass is 35.5. The Balaban J connectivity index is 1.59. The van der Waals surface area contributed by atoms with E-state index in [0.29, 0.717) is 40.6 Å². The number of rotatable bonds is 4. The number of hydrazone groups is 1. The largest absolute Gasteiger partial charge is 0.459 e. The molecule has 0 fully saturated rings. The molecule has 0 atom stereocenters. The standard InChI is InChI=1S/C21H18ClN3O4/c1-12-18-15(24-25-20(26)17-10-5-11-28-17)8-4-9-16(18)29-19(12)21(27)23-14-7-3-2-6-13(14)22/h2-3,5-7,10-11H,4,8-9H2,1H3,(H,23,27)(H,25,26)/b24-15+. The highest BCUT2D eigenvalue weighted by Crippen LogP contribution is 2.31. The molecule has 148 valence electrons. The normalized spacial score (nSPS) is 14.5. The highest BCUT2D eigenvalue weighted by Gasteiger charge is 2.28. The molecule has 2 amide bonds. The molecule has 1 aromatic carbocycles. The van der Waals surface area contributed by atoms with Gasteiger partial charge in [-0.15, -0.1) is 0 Å². The number of amides is 2. The Bertz CT molecular complexity index is 1100. The summed E-state index contributed by atoms with van der Waals surface area (Å²) in [6.07, 6.45) is 3.59. The first-order valence-electron chi connectivity index (χ1n) is 9.13. The summed E-state index contributed by atoms with van der Waals surface area (Å²) in [6.45, 7) is 1.80. The van der Waals surface area contributed by atoms with Crippen LogP contribution in [0.1, 0.15) is 50.8 Å². The summed E-state index contributed by atoms with van der Waals surface area (Å²) in [4.78, 5) is 24.8. The summed E-state index contributed by atoms with van der Waals surface area (Å²) in [5.41, 5.74) is 5.12. The van der Waals surface area contributed by atoms with E-state index < -0.39 is 5.91 Å². The van der Waals surface area contributed by atoms with Gasteiger partial charge in [0.15, 0.2) is 11.5 Å². The van der Waals surface area contributed by atoms with Crippen LogP contribution in [0.2, 0.25) is 5.02 Å². The molecule has 2 N–H and O–H groups in total. The lowest BCUT2D eigenvalue weighted by molar-refractivity contribution is 0.0926. The SMILES string of the molecule is Cc1c(C(=O)Nc2ccccc2Cl)oc2c1/C(=N/NC(=O)c1ccco1)CCC2. The molecule has 0 bridgehead atoms. The van der Waals surface area contributed by atoms with Gasteiger partial charge in [-0.25, -0.2) is 5.43 Å². The molecule has 4 rings (SSSR count). The lowest BCUT2D eigenvalue weighted by Gasteiger charge is -2.13. The second-order valence-corrected chi connectivity index (χ2v) is 7.03. The van der Waals surface area contributed by atoms with Crippen molar-refractivity contribution in [3.8, 4) is 0 Å². The molecule has 29 heavy (non-hydrogen) atoms. The van der Waals surface area contributed by atoms with Gasteiger partial charge in [0, 0.05) is 17.5 Å². The van der Waals surface area contributed by atoms with Crippen molar-refractivity contribution in [3.63, 3.8) is 0 Å². The van der Waals surface area contributed by atoms with E-state index in [1.165, 1.54) is 6.26 Å². The third-order valence-corrected chi connectivity index (χ3v) is 5.02. The van der Waals surface area contributed by atoms with Crippen LogP contribution in [-0.2, 0) is 6.42 Å². The molecule has 7 nitrogen and oxygen atoms in total. The molecule has 0 unspecified atom stereocenters. The summed E-state index contributed by atoms with van der Waals surface area (Å²) < 4.78 is 10.9. The van der Waals surface area contributed by atoms with E-state index in [-0.39, 0.29) is 17.4 Å². The smallest absolute Gasteiger partial charge is 0.307 e. The van der Waals surface area contributed by atoms with Crippen molar-refractivity contribution < 1.29 is 18.4 Å². The number of furan rings is 2. The van der Waals surface area contributed by atoms with Gasteiger partial charge in [-0.1, -0.05) is 23.7 Å². The van der Waals surface area contributed by atoms with Gasteiger partial charge in [-0.2, -0.15) is 5.10 Å². The van der Waals surface area contributed by atoms with E-state index in [2.05, 4.69) is 15.8 Å². The Hall–Kier alpha value is -3.32. The van der Waals surface area contributed by atoms with Crippen LogP contribution in [0.4, 0.5) is 5.69 Å². The average molecular weight is 412 g/mol. The van der Waals surface area contributed by atoms with E-state index in [1.807, 2.05) is 0 Å². The maximum Gasteiger partial charge on any atom is 0.307 e. The molecule has 0 saturated carbocycles. The zero-order valence-electron chi connectivity index (χ0n) is 15.6. The van der Waals surface area contributed by atoms with E-state index >= 15 is 0 Å². The number of hydrogen-bond acceptors (Lipinski definition) is 5. The number of hydrogen-bond donors (Lipinski definition) is 2. The molecule has 3 aromatic rings. The summed E-state index contributed by atoms with van der Waals surface area (Å²) in [5, 5.41) is 7.47. The van der Waals surface area contributed by atoms with Crippen LogP contribution >= 0.6 is 11.6 Å². The number of nitrogens with one attached hydrogen (secondary N) is 2. The third-order valence-electron chi connectivity index (χ3n) is 4.69. The van der Waals surface area contributed by atoms with Crippen LogP contribution in [0.25, 0.3) is 0 Å². The Morgan fingerprint density at radius 1 is 1.10 bits per heavy atom. The number of aryl methyl sites for hydroxylation is 1. The summed E-state index contributed by atoms with van der Waals surface area (Å²) >= 11 is 6.12. The van der Waals surface area contributed by atoms with Gasteiger partial charge < -0.3 is 14.2 Å². The fraction of sp³-hybridized carbons (Fsp3) is 0.190. The number of anilines is 1. The minimum atomic E-state index is -0.438. The predicted octanol–water partition coefficient (Wildman–Crippen LogP) is 4.56. The quantitative estimate of drug-likeness (QED) is 0.615. The van der Waals surface area contributed by atoms with Gasteiger partial charge >= 0.3 is 5.91 Å². The molecular formula is C21H18ClN3O4. The summed E-state index contributed by atoms with van der Waals surface area (Å²) in [5.74, 6) is 0.247. The average Bonchev–Trinajstić information content (AvgIpc) is 3.37. The molecular weight excluding hydrogens is 394 g/mol. The molecule has 0 saturated heterocycles. The molecule has 0 aliphatic heterocycles. The molecule has 0 spiro atoms. The van der Waals surface area contributed by atoms with Crippen molar-refractivity contribution in [1.82, 2.24) is 5.43 Å². The number of para-hydroxylation sites is 1. The van der Waals surface area contributed by atoms with Crippen LogP contribution < -0.4 is 10.7 Å². The number of nitrogens with zero attached hydrogens (tertiary/aromatic N) is 1. The van der Waals surface area contributed by atoms with Gasteiger partial charge in [0.2, 0.25) is 0 Å². The van der Waals surface area contributed by atoms with Gasteiger partial charge in [-0.3, -0.25) is 9.59 Å². The monoisotopic (exact) mass is 411 g/mol. The number of halogens is 1. The molecule has 0 radical (unpaired) electrons. The van der Waals surface area contributed by atoms with Crippen molar-refractivity contribution in [1.29, 1.82) is 0 Å². The lowest BCUT2D eigenvalue weighted by atomic mass is 9.93. The molecule has 1 aliphatic carbocycles. The first-order valence-corrected chi connectivity index (χ1v) is 9.51. The maximum atomic E-state index is 12.7. The van der Waals surface area contributed by atoms with Gasteiger partial charge in [-0.05, 0) is 44.0 Å². The third kappa shape index (κ3) is 3.82. The molecule has 2 heterocycles. The van der Waals surface area contributed by atoms with Crippen LogP contribution in [0, 0.1) is 6.92 Å². The zero-order chi connectivity index (χ0) is 20.4. The minimum Gasteiger partial charge on any atom is -0.459 e. The van der Waals surface area contributed by atoms with Crippen molar-refractivity contribution in [3.05, 3.63) is 76.1 Å². The van der Waals surface area contributed by atoms with Crippen LogP contribution in [0.5, 0.6) is 0 Å². The molecule has 8 heteroatoms. The fourth-order valence-corrected chi connectivity index (χ4v) is 3.50. The van der Waals surface area contributed by atoms with E-state index in [0.717, 1.165) is 12.0 Å². The Labute approximate surface area is 171 Å². The predicted molar refractivity (Wildman–Crippen MR) is 108 cm³/mol. The molecule has 2 aromatic heterocycles. The second-order valence-electron chi connectivity index (χ2n) is 6.62. The maximum absolute atomic E-state index is 12.7. The first-order chi connectivity index (χ1) is 14.0. The Kier molecular flexibility index (Phi) is 5.22. The zero-order valence-corrected chi connectivity index (χ0v) is 16.4. The lowest BCUT2D eigenvalue weighted by Crippen LogP contribution is -2.21. The van der Waals surface area contributed by atoms with Gasteiger partial charge in [0.05, 0.1) is 22.7 Å². The van der Waals surface area contributed by atoms with Crippen molar-refractivity contribution in [2.45, 2.75) is 26.2 Å². The Morgan fingerprint density at radius 3 is 2.69 bits per heavy atom. The van der Waals surface area contributed by atoms with Gasteiger partial charge in [0.1, 0.15) is 5.76 Å². The topological polar surface area (TPSA) is 96.8 Å². The first kappa shape index (κ1) is 19.0. The van der Waals surface area contributed by atoms with Crippen molar-refractivity contribution in [2.75, 3.05) is 5.32 Å². The fourth-order valence-electron chi connectivity index (χ4n) is 3.32. The van der Waals surface area contributed by atoms with Crippen LogP contribution in [0.15, 0.2) is 56.6 Å². The van der Waals surface area contributed by atoms with Crippen LogP contribution in [-0.4, -0.2) is 17.5 Å². The number of carbonyl (C=O) groups excluding carboxylic acids is 2. The van der Waals surface area contributed by atoms with E-state index in [9.17, 15) is 9.59 Å². The summed E-state index contributed by atoms with van der Waals surface area (Å²) in [7, 11) is 0. The van der Waals surface area contributed by atoms with E-state index in [1.54, 1.807) is 43.3 Å². The van der Waals surface area contributed by atoms with E-state index in [4.69, 9.17) is 20.4 Å². The highest BCUT2D eigenvalue weighted by molar-refractivity contribution is 6.33. The number of fused-ring (bicyclic) bond motifs is 1. The number of benzene rings is 1. The second kappa shape index (κ2) is 7.97.